The van der Waals surface area contributed by atoms with Gasteiger partial charge in [-0.3, -0.25) is 0 Å². The summed E-state index contributed by atoms with van der Waals surface area (Å²) in [6.45, 7) is 7.70. The smallest absolute Gasteiger partial charge is 0.204 e. The first-order chi connectivity index (χ1) is 9.52. The lowest BCUT2D eigenvalue weighted by Gasteiger charge is -2.23. The van der Waals surface area contributed by atoms with Crippen LogP contribution in [0.2, 0.25) is 0 Å². The molecule has 0 spiro atoms. The van der Waals surface area contributed by atoms with Crippen molar-refractivity contribution < 1.29 is 4.74 Å². The van der Waals surface area contributed by atoms with Gasteiger partial charge in [-0.1, -0.05) is 32.9 Å². The molecule has 6 heteroatoms. The molecule has 0 saturated heterocycles. The normalized spacial score (nSPS) is 11.6. The minimum Gasteiger partial charge on any atom is -0.493 e. The molecule has 6 nitrogen and oxygen atoms in total. The molecule has 0 bridgehead atoms. The molecule has 0 unspecified atom stereocenters. The van der Waals surface area contributed by atoms with Crippen LogP contribution in [0, 0.1) is 0 Å². The van der Waals surface area contributed by atoms with Crippen LogP contribution in [0.25, 0.3) is 11.4 Å². The number of H-pyrrole nitrogens is 1. The molecule has 2 aromatic rings. The van der Waals surface area contributed by atoms with Crippen molar-refractivity contribution in [2.45, 2.75) is 32.6 Å². The predicted molar refractivity (Wildman–Crippen MR) is 77.5 cm³/mol. The van der Waals surface area contributed by atoms with Crippen LogP contribution < -0.4 is 10.5 Å². The second-order valence-electron chi connectivity index (χ2n) is 5.69. The van der Waals surface area contributed by atoms with Gasteiger partial charge in [-0.15, -0.1) is 10.2 Å². The monoisotopic (exact) mass is 275 g/mol. The Hall–Kier alpha value is -1.95. The van der Waals surface area contributed by atoms with Gasteiger partial charge in [0, 0.05) is 5.56 Å². The average Bonchev–Trinajstić information content (AvgIpc) is 2.91. The van der Waals surface area contributed by atoms with E-state index in [1.165, 1.54) is 0 Å². The van der Waals surface area contributed by atoms with E-state index < -0.39 is 0 Å². The number of nitrogens with one attached hydrogen (secondary N) is 1. The summed E-state index contributed by atoms with van der Waals surface area (Å²) < 4.78 is 5.88. The summed E-state index contributed by atoms with van der Waals surface area (Å²) in [7, 11) is 0. The lowest BCUT2D eigenvalue weighted by Crippen LogP contribution is -2.15. The second kappa shape index (κ2) is 6.00. The zero-order valence-electron chi connectivity index (χ0n) is 12.2. The van der Waals surface area contributed by atoms with Crippen molar-refractivity contribution in [1.29, 1.82) is 0 Å². The van der Waals surface area contributed by atoms with Crippen molar-refractivity contribution in [3.05, 3.63) is 23.8 Å². The first-order valence-electron chi connectivity index (χ1n) is 6.73. The molecular weight excluding hydrogens is 254 g/mol. The number of benzene rings is 1. The van der Waals surface area contributed by atoms with Gasteiger partial charge in [0.15, 0.2) is 0 Å². The molecule has 0 aliphatic rings. The van der Waals surface area contributed by atoms with Crippen LogP contribution in [-0.2, 0) is 5.41 Å². The SMILES string of the molecule is CC(C)(C)c1ccc(-c2nn[nH]n2)cc1OCCCN. The van der Waals surface area contributed by atoms with Crippen LogP contribution in [-0.4, -0.2) is 33.8 Å². The Bertz CT molecular complexity index is 545. The highest BCUT2D eigenvalue weighted by Gasteiger charge is 2.20. The number of ether oxygens (including phenoxy) is 1. The summed E-state index contributed by atoms with van der Waals surface area (Å²) in [5.74, 6) is 1.42. The Kier molecular flexibility index (Phi) is 4.34. The second-order valence-corrected chi connectivity index (χ2v) is 5.69. The summed E-state index contributed by atoms with van der Waals surface area (Å²) in [4.78, 5) is 0. The fourth-order valence-corrected chi connectivity index (χ4v) is 1.95. The fourth-order valence-electron chi connectivity index (χ4n) is 1.95. The van der Waals surface area contributed by atoms with Crippen LogP contribution in [0.3, 0.4) is 0 Å². The lowest BCUT2D eigenvalue weighted by atomic mass is 9.85. The van der Waals surface area contributed by atoms with Gasteiger partial charge in [-0.05, 0) is 35.2 Å². The van der Waals surface area contributed by atoms with E-state index in [1.54, 1.807) is 0 Å². The van der Waals surface area contributed by atoms with Gasteiger partial charge in [0.2, 0.25) is 5.82 Å². The van der Waals surface area contributed by atoms with Crippen molar-refractivity contribution in [3.63, 3.8) is 0 Å². The van der Waals surface area contributed by atoms with Gasteiger partial charge in [-0.2, -0.15) is 5.21 Å². The Balaban J connectivity index is 2.34. The Morgan fingerprint density at radius 2 is 2.10 bits per heavy atom. The summed E-state index contributed by atoms with van der Waals surface area (Å²) in [5, 5.41) is 14.0. The number of nitrogens with zero attached hydrogens (tertiary/aromatic N) is 3. The maximum Gasteiger partial charge on any atom is 0.204 e. The highest BCUT2D eigenvalue weighted by atomic mass is 16.5. The molecule has 108 valence electrons. The summed E-state index contributed by atoms with van der Waals surface area (Å²) >= 11 is 0. The maximum atomic E-state index is 5.88. The Morgan fingerprint density at radius 3 is 2.70 bits per heavy atom. The molecule has 0 radical (unpaired) electrons. The topological polar surface area (TPSA) is 89.7 Å². The quantitative estimate of drug-likeness (QED) is 0.813. The standard InChI is InChI=1S/C14H21N5O/c1-14(2,3)11-6-5-10(13-16-18-19-17-13)9-12(11)20-8-4-7-15/h5-6,9H,4,7-8,15H2,1-3H3,(H,16,17,18,19). The molecule has 0 aliphatic carbocycles. The molecule has 1 aromatic heterocycles. The summed E-state index contributed by atoms with van der Waals surface area (Å²) in [6, 6.07) is 6.01. The number of aromatic nitrogens is 4. The molecule has 0 aliphatic heterocycles. The number of aromatic amines is 1. The van der Waals surface area contributed by atoms with Crippen molar-refractivity contribution in [1.82, 2.24) is 20.6 Å². The third kappa shape index (κ3) is 3.33. The van der Waals surface area contributed by atoms with Crippen LogP contribution in [0.4, 0.5) is 0 Å². The molecule has 20 heavy (non-hydrogen) atoms. The maximum absolute atomic E-state index is 5.88. The van der Waals surface area contributed by atoms with E-state index in [0.717, 1.165) is 23.3 Å². The van der Waals surface area contributed by atoms with Gasteiger partial charge in [0.05, 0.1) is 6.61 Å². The third-order valence-electron chi connectivity index (χ3n) is 3.00. The minimum absolute atomic E-state index is 0.00777. The molecule has 0 atom stereocenters. The van der Waals surface area contributed by atoms with Crippen LogP contribution in [0.1, 0.15) is 32.8 Å². The highest BCUT2D eigenvalue weighted by molar-refractivity contribution is 5.59. The first kappa shape index (κ1) is 14.5. The predicted octanol–water partition coefficient (Wildman–Crippen LogP) is 1.89. The molecular formula is C14H21N5O. The van der Waals surface area contributed by atoms with E-state index in [4.69, 9.17) is 10.5 Å². The number of hydrogen-bond donors (Lipinski definition) is 2. The van der Waals surface area contributed by atoms with E-state index >= 15 is 0 Å². The number of tetrazole rings is 1. The molecule has 0 saturated carbocycles. The van der Waals surface area contributed by atoms with Gasteiger partial charge in [0.25, 0.3) is 0 Å². The zero-order valence-corrected chi connectivity index (χ0v) is 12.2. The van der Waals surface area contributed by atoms with Gasteiger partial charge >= 0.3 is 0 Å². The van der Waals surface area contributed by atoms with E-state index in [-0.39, 0.29) is 5.41 Å². The molecule has 0 amide bonds. The lowest BCUT2D eigenvalue weighted by molar-refractivity contribution is 0.305. The molecule has 0 fully saturated rings. The van der Waals surface area contributed by atoms with E-state index in [9.17, 15) is 0 Å². The number of rotatable bonds is 5. The van der Waals surface area contributed by atoms with Gasteiger partial charge in [0.1, 0.15) is 5.75 Å². The molecule has 1 heterocycles. The third-order valence-corrected chi connectivity index (χ3v) is 3.00. The van der Waals surface area contributed by atoms with E-state index in [0.29, 0.717) is 19.0 Å². The number of hydrogen-bond acceptors (Lipinski definition) is 5. The summed E-state index contributed by atoms with van der Waals surface area (Å²) in [5.41, 5.74) is 7.56. The van der Waals surface area contributed by atoms with Crippen LogP contribution >= 0.6 is 0 Å². The van der Waals surface area contributed by atoms with Crippen molar-refractivity contribution in [2.24, 2.45) is 5.73 Å². The van der Waals surface area contributed by atoms with E-state index in [2.05, 4.69) is 47.5 Å². The first-order valence-corrected chi connectivity index (χ1v) is 6.73. The van der Waals surface area contributed by atoms with Gasteiger partial charge < -0.3 is 10.5 Å². The Labute approximate surface area is 118 Å². The Morgan fingerprint density at radius 1 is 1.30 bits per heavy atom. The van der Waals surface area contributed by atoms with Gasteiger partial charge in [-0.25, -0.2) is 0 Å². The average molecular weight is 275 g/mol. The zero-order chi connectivity index (χ0) is 14.6. The summed E-state index contributed by atoms with van der Waals surface area (Å²) in [6.07, 6.45) is 0.829. The molecule has 3 N–H and O–H groups in total. The molecule has 1 aromatic carbocycles. The van der Waals surface area contributed by atoms with E-state index in [1.807, 2.05) is 12.1 Å². The minimum atomic E-state index is 0.00777. The largest absolute Gasteiger partial charge is 0.493 e. The van der Waals surface area contributed by atoms with Crippen molar-refractivity contribution in [2.75, 3.05) is 13.2 Å². The fraction of sp³-hybridized carbons (Fsp3) is 0.500. The molecule has 2 rings (SSSR count). The van der Waals surface area contributed by atoms with Crippen molar-refractivity contribution >= 4 is 0 Å². The highest BCUT2D eigenvalue weighted by Crippen LogP contribution is 2.34. The van der Waals surface area contributed by atoms with Crippen LogP contribution in [0.5, 0.6) is 5.75 Å². The number of nitrogens with two attached hydrogens (primary N) is 1. The van der Waals surface area contributed by atoms with Crippen LogP contribution in [0.15, 0.2) is 18.2 Å². The van der Waals surface area contributed by atoms with Crippen molar-refractivity contribution in [3.8, 4) is 17.1 Å².